The standard InChI is InChI=1S/C17H25NO/c1-16(2)12-9-10-17(16,3)14-13(12)18-15(19-14)11-7-5-4-6-8-11/h7,12-14H,4-6,8-10H2,1-3H3/t12-,13-,14-,17+/m1/s1. The highest BCUT2D eigenvalue weighted by molar-refractivity contribution is 5.95. The molecule has 0 unspecified atom stereocenters. The molecule has 0 aromatic rings. The number of fused-ring (bicyclic) bond motifs is 5. The summed E-state index contributed by atoms with van der Waals surface area (Å²) >= 11 is 0. The predicted molar refractivity (Wildman–Crippen MR) is 77.3 cm³/mol. The number of nitrogens with zero attached hydrogens (tertiary/aromatic N) is 1. The molecule has 1 heterocycles. The summed E-state index contributed by atoms with van der Waals surface area (Å²) in [5, 5.41) is 0. The SMILES string of the molecule is CC1(C)[C@@H]2CC[C@@]1(C)[C@@H]1OC(C3=CCCCC3)=N[C@H]21. The molecule has 2 saturated carbocycles. The van der Waals surface area contributed by atoms with Crippen molar-refractivity contribution in [3.05, 3.63) is 11.6 Å². The van der Waals surface area contributed by atoms with Crippen molar-refractivity contribution in [3.8, 4) is 0 Å². The van der Waals surface area contributed by atoms with Crippen molar-refractivity contribution in [2.45, 2.75) is 71.4 Å². The van der Waals surface area contributed by atoms with E-state index in [2.05, 4.69) is 26.8 Å². The number of aliphatic imine (C=N–C) groups is 1. The Morgan fingerprint density at radius 3 is 2.79 bits per heavy atom. The topological polar surface area (TPSA) is 21.6 Å². The van der Waals surface area contributed by atoms with Gasteiger partial charge in [-0.15, -0.1) is 0 Å². The highest BCUT2D eigenvalue weighted by atomic mass is 16.5. The molecule has 104 valence electrons. The zero-order valence-electron chi connectivity index (χ0n) is 12.4. The summed E-state index contributed by atoms with van der Waals surface area (Å²) < 4.78 is 6.38. The molecule has 0 radical (unpaired) electrons. The number of allylic oxidation sites excluding steroid dienone is 1. The van der Waals surface area contributed by atoms with E-state index in [1.807, 2.05) is 0 Å². The average molecular weight is 259 g/mol. The molecule has 2 nitrogen and oxygen atoms in total. The van der Waals surface area contributed by atoms with Crippen LogP contribution in [-0.2, 0) is 4.74 Å². The molecule has 4 aliphatic rings. The van der Waals surface area contributed by atoms with E-state index in [4.69, 9.17) is 9.73 Å². The van der Waals surface area contributed by atoms with Crippen molar-refractivity contribution in [2.24, 2.45) is 21.7 Å². The summed E-state index contributed by atoms with van der Waals surface area (Å²) in [6.07, 6.45) is 10.4. The molecule has 19 heavy (non-hydrogen) atoms. The van der Waals surface area contributed by atoms with Gasteiger partial charge in [0.2, 0.25) is 5.90 Å². The van der Waals surface area contributed by atoms with Crippen LogP contribution in [0.3, 0.4) is 0 Å². The van der Waals surface area contributed by atoms with Gasteiger partial charge in [0.25, 0.3) is 0 Å². The lowest BCUT2D eigenvalue weighted by molar-refractivity contribution is 0.0282. The van der Waals surface area contributed by atoms with Crippen molar-refractivity contribution in [1.29, 1.82) is 0 Å². The Hall–Kier alpha value is -0.790. The van der Waals surface area contributed by atoms with Crippen LogP contribution in [0.2, 0.25) is 0 Å². The third kappa shape index (κ3) is 1.35. The summed E-state index contributed by atoms with van der Waals surface area (Å²) in [4.78, 5) is 5.02. The van der Waals surface area contributed by atoms with Crippen molar-refractivity contribution < 1.29 is 4.74 Å². The van der Waals surface area contributed by atoms with Gasteiger partial charge in [0.05, 0.1) is 6.04 Å². The quantitative estimate of drug-likeness (QED) is 0.694. The minimum atomic E-state index is 0.322. The first kappa shape index (κ1) is 12.0. The van der Waals surface area contributed by atoms with Gasteiger partial charge in [-0.2, -0.15) is 0 Å². The Balaban J connectivity index is 1.67. The molecule has 4 rings (SSSR count). The van der Waals surface area contributed by atoms with Crippen LogP contribution in [0.5, 0.6) is 0 Å². The average Bonchev–Trinajstić information content (AvgIpc) is 2.97. The summed E-state index contributed by atoms with van der Waals surface area (Å²) in [7, 11) is 0. The summed E-state index contributed by atoms with van der Waals surface area (Å²) in [5.41, 5.74) is 2.10. The Morgan fingerprint density at radius 2 is 2.11 bits per heavy atom. The fourth-order valence-electron chi connectivity index (χ4n) is 5.09. The first-order chi connectivity index (χ1) is 9.04. The van der Waals surface area contributed by atoms with Crippen LogP contribution < -0.4 is 0 Å². The van der Waals surface area contributed by atoms with Gasteiger partial charge >= 0.3 is 0 Å². The minimum absolute atomic E-state index is 0.322. The smallest absolute Gasteiger partial charge is 0.212 e. The van der Waals surface area contributed by atoms with Crippen molar-refractivity contribution in [1.82, 2.24) is 0 Å². The molecule has 2 bridgehead atoms. The molecule has 0 amide bonds. The monoisotopic (exact) mass is 259 g/mol. The van der Waals surface area contributed by atoms with E-state index in [1.54, 1.807) is 0 Å². The van der Waals surface area contributed by atoms with Gasteiger partial charge in [-0.3, -0.25) is 0 Å². The van der Waals surface area contributed by atoms with Gasteiger partial charge < -0.3 is 4.74 Å². The number of rotatable bonds is 1. The van der Waals surface area contributed by atoms with Gasteiger partial charge in [-0.05, 0) is 49.9 Å². The second-order valence-corrected chi connectivity index (χ2v) is 7.72. The number of ether oxygens (including phenoxy) is 1. The first-order valence-electron chi connectivity index (χ1n) is 7.98. The third-order valence-corrected chi connectivity index (χ3v) is 6.79. The minimum Gasteiger partial charge on any atom is -0.471 e. The van der Waals surface area contributed by atoms with Gasteiger partial charge in [-0.25, -0.2) is 4.99 Å². The number of hydrogen-bond donors (Lipinski definition) is 0. The van der Waals surface area contributed by atoms with E-state index in [0.29, 0.717) is 23.0 Å². The van der Waals surface area contributed by atoms with Gasteiger partial charge in [0.15, 0.2) is 0 Å². The molecule has 0 saturated heterocycles. The van der Waals surface area contributed by atoms with Crippen LogP contribution in [0.15, 0.2) is 16.6 Å². The molecule has 0 aromatic heterocycles. The number of hydrogen-bond acceptors (Lipinski definition) is 2. The van der Waals surface area contributed by atoms with Crippen LogP contribution in [0.1, 0.15) is 59.3 Å². The van der Waals surface area contributed by atoms with Crippen LogP contribution in [0.25, 0.3) is 0 Å². The van der Waals surface area contributed by atoms with Crippen LogP contribution in [-0.4, -0.2) is 18.0 Å². The summed E-state index contributed by atoms with van der Waals surface area (Å²) in [5.74, 6) is 1.73. The van der Waals surface area contributed by atoms with E-state index in [9.17, 15) is 0 Å². The molecule has 2 heteroatoms. The Kier molecular flexibility index (Phi) is 2.30. The van der Waals surface area contributed by atoms with Crippen molar-refractivity contribution in [3.63, 3.8) is 0 Å². The maximum absolute atomic E-state index is 6.38. The lowest BCUT2D eigenvalue weighted by atomic mass is 9.70. The normalized spacial score (nSPS) is 46.6. The third-order valence-electron chi connectivity index (χ3n) is 6.79. The fourth-order valence-corrected chi connectivity index (χ4v) is 5.09. The van der Waals surface area contributed by atoms with E-state index < -0.39 is 0 Å². The molecule has 3 aliphatic carbocycles. The molecule has 4 atom stereocenters. The molecule has 0 spiro atoms. The Morgan fingerprint density at radius 1 is 1.26 bits per heavy atom. The summed E-state index contributed by atoms with van der Waals surface area (Å²) in [6.45, 7) is 7.30. The summed E-state index contributed by atoms with van der Waals surface area (Å²) in [6, 6.07) is 0.437. The van der Waals surface area contributed by atoms with E-state index >= 15 is 0 Å². The van der Waals surface area contributed by atoms with E-state index in [1.165, 1.54) is 44.1 Å². The maximum atomic E-state index is 6.38. The predicted octanol–water partition coefficient (Wildman–Crippen LogP) is 4.11. The van der Waals surface area contributed by atoms with Crippen molar-refractivity contribution >= 4 is 5.90 Å². The second-order valence-electron chi connectivity index (χ2n) is 7.72. The van der Waals surface area contributed by atoms with Gasteiger partial charge in [-0.1, -0.05) is 26.8 Å². The van der Waals surface area contributed by atoms with E-state index in [-0.39, 0.29) is 0 Å². The lowest BCUT2D eigenvalue weighted by Crippen LogP contribution is -2.39. The first-order valence-corrected chi connectivity index (χ1v) is 7.98. The molecule has 1 aliphatic heterocycles. The van der Waals surface area contributed by atoms with Gasteiger partial charge in [0, 0.05) is 11.0 Å². The zero-order valence-corrected chi connectivity index (χ0v) is 12.4. The molecular weight excluding hydrogens is 234 g/mol. The second kappa shape index (κ2) is 3.65. The largest absolute Gasteiger partial charge is 0.471 e. The Labute approximate surface area is 116 Å². The highest BCUT2D eigenvalue weighted by Crippen LogP contribution is 2.68. The highest BCUT2D eigenvalue weighted by Gasteiger charge is 2.69. The fraction of sp³-hybridized carbons (Fsp3) is 0.824. The lowest BCUT2D eigenvalue weighted by Gasteiger charge is -2.37. The van der Waals surface area contributed by atoms with Crippen LogP contribution in [0.4, 0.5) is 0 Å². The van der Waals surface area contributed by atoms with Crippen LogP contribution >= 0.6 is 0 Å². The zero-order chi connectivity index (χ0) is 13.3. The van der Waals surface area contributed by atoms with Crippen molar-refractivity contribution in [2.75, 3.05) is 0 Å². The maximum Gasteiger partial charge on any atom is 0.212 e. The molecule has 0 N–H and O–H groups in total. The van der Waals surface area contributed by atoms with Crippen LogP contribution in [0, 0.1) is 16.7 Å². The molecule has 2 fully saturated rings. The van der Waals surface area contributed by atoms with E-state index in [0.717, 1.165) is 11.8 Å². The molecule has 0 aromatic carbocycles. The van der Waals surface area contributed by atoms with Gasteiger partial charge in [0.1, 0.15) is 6.10 Å². The Bertz CT molecular complexity index is 476. The molecular formula is C17H25NO.